The fourth-order valence-corrected chi connectivity index (χ4v) is 1.48. The lowest BCUT2D eigenvalue weighted by Crippen LogP contribution is -1.96. The summed E-state index contributed by atoms with van der Waals surface area (Å²) in [6, 6.07) is 1.86. The van der Waals surface area contributed by atoms with Gasteiger partial charge in [-0.1, -0.05) is 0 Å². The molecule has 72 valence electrons. The average Bonchev–Trinajstić information content (AvgIpc) is 2.47. The molecule has 14 heavy (non-hydrogen) atoms. The van der Waals surface area contributed by atoms with E-state index >= 15 is 0 Å². The predicted molar refractivity (Wildman–Crippen MR) is 50.4 cm³/mol. The summed E-state index contributed by atoms with van der Waals surface area (Å²) in [6.07, 6.45) is 1.23. The molecular weight excluding hydrogens is 182 g/mol. The number of aryl methyl sites for hydroxylation is 2. The van der Waals surface area contributed by atoms with Crippen LogP contribution in [0.15, 0.2) is 16.7 Å². The highest BCUT2D eigenvalue weighted by molar-refractivity contribution is 6.00. The van der Waals surface area contributed by atoms with Gasteiger partial charge in [0.2, 0.25) is 0 Å². The average molecular weight is 191 g/mol. The molecule has 4 nitrogen and oxygen atoms in total. The summed E-state index contributed by atoms with van der Waals surface area (Å²) < 4.78 is 5.15. The first-order valence-electron chi connectivity index (χ1n) is 4.18. The molecule has 0 bridgehead atoms. The minimum atomic E-state index is -1.01. The van der Waals surface area contributed by atoms with Crippen molar-refractivity contribution >= 4 is 17.1 Å². The molecule has 0 fully saturated rings. The molecule has 0 radical (unpaired) electrons. The fraction of sp³-hybridized carbons (Fsp3) is 0.200. The van der Waals surface area contributed by atoms with Gasteiger partial charge in [-0.25, -0.2) is 9.78 Å². The van der Waals surface area contributed by atoms with Crippen LogP contribution in [-0.2, 0) is 0 Å². The van der Waals surface area contributed by atoms with Crippen LogP contribution >= 0.6 is 0 Å². The standard InChI is InChI=1S/C10H9NO3/c1-5-3-6(2)11-8-7(10(12)13)4-14-9(5)8/h3-4H,1-2H3,(H,12,13). The van der Waals surface area contributed by atoms with Crippen LogP contribution in [0.2, 0.25) is 0 Å². The zero-order valence-electron chi connectivity index (χ0n) is 7.87. The summed E-state index contributed by atoms with van der Waals surface area (Å²) in [5, 5.41) is 8.85. The van der Waals surface area contributed by atoms with Crippen LogP contribution < -0.4 is 0 Å². The molecule has 0 atom stereocenters. The van der Waals surface area contributed by atoms with E-state index in [4.69, 9.17) is 9.52 Å². The van der Waals surface area contributed by atoms with Gasteiger partial charge >= 0.3 is 5.97 Å². The Labute approximate surface area is 80.2 Å². The van der Waals surface area contributed by atoms with Crippen molar-refractivity contribution in [1.82, 2.24) is 4.98 Å². The monoisotopic (exact) mass is 191 g/mol. The van der Waals surface area contributed by atoms with Crippen LogP contribution in [0.1, 0.15) is 21.6 Å². The van der Waals surface area contributed by atoms with Crippen molar-refractivity contribution in [3.63, 3.8) is 0 Å². The van der Waals surface area contributed by atoms with Crippen LogP contribution in [0.5, 0.6) is 0 Å². The van der Waals surface area contributed by atoms with Crippen molar-refractivity contribution in [2.24, 2.45) is 0 Å². The first-order valence-corrected chi connectivity index (χ1v) is 4.18. The molecule has 0 unspecified atom stereocenters. The SMILES string of the molecule is Cc1cc(C)c2occ(C(=O)O)c2n1. The van der Waals surface area contributed by atoms with Crippen LogP contribution in [0.3, 0.4) is 0 Å². The number of furan rings is 1. The van der Waals surface area contributed by atoms with E-state index in [-0.39, 0.29) is 5.56 Å². The van der Waals surface area contributed by atoms with Gasteiger partial charge in [0.25, 0.3) is 0 Å². The van der Waals surface area contributed by atoms with Gasteiger partial charge in [0.15, 0.2) is 5.58 Å². The maximum absolute atomic E-state index is 10.8. The fourth-order valence-electron chi connectivity index (χ4n) is 1.48. The highest BCUT2D eigenvalue weighted by atomic mass is 16.4. The van der Waals surface area contributed by atoms with Crippen molar-refractivity contribution in [3.8, 4) is 0 Å². The van der Waals surface area contributed by atoms with E-state index in [9.17, 15) is 4.79 Å². The Morgan fingerprint density at radius 2 is 2.21 bits per heavy atom. The zero-order chi connectivity index (χ0) is 10.3. The maximum atomic E-state index is 10.8. The minimum Gasteiger partial charge on any atom is -0.477 e. The van der Waals surface area contributed by atoms with E-state index in [1.54, 1.807) is 0 Å². The van der Waals surface area contributed by atoms with Gasteiger partial charge in [0.1, 0.15) is 17.3 Å². The number of nitrogens with zero attached hydrogens (tertiary/aromatic N) is 1. The van der Waals surface area contributed by atoms with Gasteiger partial charge in [-0.05, 0) is 25.5 Å². The lowest BCUT2D eigenvalue weighted by Gasteiger charge is -1.96. The Balaban J connectivity index is 2.85. The normalized spacial score (nSPS) is 10.7. The van der Waals surface area contributed by atoms with E-state index in [0.717, 1.165) is 11.3 Å². The largest absolute Gasteiger partial charge is 0.477 e. The molecule has 2 rings (SSSR count). The van der Waals surface area contributed by atoms with Crippen LogP contribution in [0.25, 0.3) is 11.1 Å². The second kappa shape index (κ2) is 2.83. The van der Waals surface area contributed by atoms with Crippen molar-refractivity contribution in [1.29, 1.82) is 0 Å². The molecule has 0 saturated carbocycles. The summed E-state index contributed by atoms with van der Waals surface area (Å²) >= 11 is 0. The summed E-state index contributed by atoms with van der Waals surface area (Å²) in [5.74, 6) is -1.01. The smallest absolute Gasteiger partial charge is 0.341 e. The topological polar surface area (TPSA) is 63.3 Å². The summed E-state index contributed by atoms with van der Waals surface area (Å²) in [7, 11) is 0. The Bertz CT molecular complexity index is 513. The van der Waals surface area contributed by atoms with Crippen molar-refractivity contribution < 1.29 is 14.3 Å². The molecule has 0 aromatic carbocycles. The molecule has 1 N–H and O–H groups in total. The number of fused-ring (bicyclic) bond motifs is 1. The van der Waals surface area contributed by atoms with Gasteiger partial charge in [-0.2, -0.15) is 0 Å². The number of aromatic nitrogens is 1. The van der Waals surface area contributed by atoms with Crippen molar-refractivity contribution in [2.45, 2.75) is 13.8 Å². The molecule has 4 heteroatoms. The molecule has 0 saturated heterocycles. The van der Waals surface area contributed by atoms with Gasteiger partial charge in [0.05, 0.1) is 0 Å². The lowest BCUT2D eigenvalue weighted by atomic mass is 10.2. The van der Waals surface area contributed by atoms with Gasteiger partial charge < -0.3 is 9.52 Å². The molecule has 0 aliphatic rings. The van der Waals surface area contributed by atoms with E-state index in [1.807, 2.05) is 19.9 Å². The summed E-state index contributed by atoms with van der Waals surface area (Å²) in [6.45, 7) is 3.69. The van der Waals surface area contributed by atoms with E-state index in [1.165, 1.54) is 6.26 Å². The quantitative estimate of drug-likeness (QED) is 0.750. The van der Waals surface area contributed by atoms with Crippen LogP contribution in [0, 0.1) is 13.8 Å². The van der Waals surface area contributed by atoms with E-state index in [0.29, 0.717) is 11.1 Å². The van der Waals surface area contributed by atoms with Crippen LogP contribution in [0.4, 0.5) is 0 Å². The number of carbonyl (C=O) groups is 1. The lowest BCUT2D eigenvalue weighted by molar-refractivity contribution is 0.0698. The molecular formula is C10H9NO3. The second-order valence-electron chi connectivity index (χ2n) is 3.21. The van der Waals surface area contributed by atoms with Gasteiger partial charge in [-0.15, -0.1) is 0 Å². The number of carboxylic acids is 1. The van der Waals surface area contributed by atoms with Crippen LogP contribution in [-0.4, -0.2) is 16.1 Å². The number of aromatic carboxylic acids is 1. The minimum absolute atomic E-state index is 0.117. The number of pyridine rings is 1. The first kappa shape index (κ1) is 8.74. The third-order valence-electron chi connectivity index (χ3n) is 2.07. The third kappa shape index (κ3) is 1.16. The summed E-state index contributed by atoms with van der Waals surface area (Å²) in [5.41, 5.74) is 2.79. The maximum Gasteiger partial charge on any atom is 0.341 e. The Morgan fingerprint density at radius 3 is 2.86 bits per heavy atom. The van der Waals surface area contributed by atoms with Gasteiger partial charge in [0, 0.05) is 5.69 Å². The molecule has 0 spiro atoms. The number of rotatable bonds is 1. The third-order valence-corrected chi connectivity index (χ3v) is 2.07. The molecule has 0 aliphatic carbocycles. The second-order valence-corrected chi connectivity index (χ2v) is 3.21. The van der Waals surface area contributed by atoms with Crippen molar-refractivity contribution in [3.05, 3.63) is 29.2 Å². The Morgan fingerprint density at radius 1 is 1.50 bits per heavy atom. The molecule has 2 heterocycles. The number of hydrogen-bond acceptors (Lipinski definition) is 3. The molecule has 2 aromatic rings. The summed E-state index contributed by atoms with van der Waals surface area (Å²) in [4.78, 5) is 14.9. The predicted octanol–water partition coefficient (Wildman–Crippen LogP) is 2.14. The molecule has 0 amide bonds. The molecule has 2 aromatic heterocycles. The van der Waals surface area contributed by atoms with Crippen molar-refractivity contribution in [2.75, 3.05) is 0 Å². The first-order chi connectivity index (χ1) is 6.59. The van der Waals surface area contributed by atoms with E-state index < -0.39 is 5.97 Å². The van der Waals surface area contributed by atoms with E-state index in [2.05, 4.69) is 4.98 Å². The highest BCUT2D eigenvalue weighted by Gasteiger charge is 2.15. The van der Waals surface area contributed by atoms with Gasteiger partial charge in [-0.3, -0.25) is 0 Å². The number of carboxylic acid groups (broad SMARTS) is 1. The Hall–Kier alpha value is -1.84. The molecule has 0 aliphatic heterocycles. The Kier molecular flexibility index (Phi) is 1.77. The zero-order valence-corrected chi connectivity index (χ0v) is 7.87. The number of hydrogen-bond donors (Lipinski definition) is 1. The highest BCUT2D eigenvalue weighted by Crippen LogP contribution is 2.22.